The number of hydrogen-bond donors (Lipinski definition) is 1. The Kier molecular flexibility index (Phi) is 4.99. The average Bonchev–Trinajstić information content (AvgIpc) is 2.25. The Morgan fingerprint density at radius 3 is 2.35 bits per heavy atom. The molecule has 0 aromatic carbocycles. The van der Waals surface area contributed by atoms with Gasteiger partial charge in [0.1, 0.15) is 0 Å². The van der Waals surface area contributed by atoms with Crippen molar-refractivity contribution >= 4 is 0 Å². The summed E-state index contributed by atoms with van der Waals surface area (Å²) in [5.74, 6) is 0. The quantitative estimate of drug-likeness (QED) is 0.822. The van der Waals surface area contributed by atoms with Crippen molar-refractivity contribution in [1.29, 1.82) is 0 Å². The van der Waals surface area contributed by atoms with Crippen LogP contribution < -0.4 is 5.73 Å². The van der Waals surface area contributed by atoms with Crippen LogP contribution in [0.1, 0.15) is 47.5 Å². The fraction of sp³-hybridized carbons (Fsp3) is 1.00. The van der Waals surface area contributed by atoms with Crippen molar-refractivity contribution < 1.29 is 4.74 Å². The molecule has 1 rings (SSSR count). The van der Waals surface area contributed by atoms with Crippen molar-refractivity contribution in [1.82, 2.24) is 4.90 Å². The minimum absolute atomic E-state index is 0.130. The van der Waals surface area contributed by atoms with Gasteiger partial charge in [0.2, 0.25) is 0 Å². The van der Waals surface area contributed by atoms with Gasteiger partial charge in [-0.15, -0.1) is 0 Å². The highest BCUT2D eigenvalue weighted by Gasteiger charge is 2.34. The van der Waals surface area contributed by atoms with E-state index in [2.05, 4.69) is 39.5 Å². The van der Waals surface area contributed by atoms with E-state index in [0.717, 1.165) is 26.2 Å². The van der Waals surface area contributed by atoms with Crippen molar-refractivity contribution in [3.8, 4) is 0 Å². The van der Waals surface area contributed by atoms with Crippen LogP contribution in [0.25, 0.3) is 0 Å². The van der Waals surface area contributed by atoms with Crippen LogP contribution in [0, 0.1) is 5.41 Å². The minimum atomic E-state index is 0.130. The van der Waals surface area contributed by atoms with Gasteiger partial charge in [0, 0.05) is 25.2 Å². The Hall–Kier alpha value is -0.120. The molecule has 0 aromatic heterocycles. The van der Waals surface area contributed by atoms with Crippen LogP contribution in [0.15, 0.2) is 0 Å². The molecule has 0 saturated carbocycles. The van der Waals surface area contributed by atoms with Gasteiger partial charge >= 0.3 is 0 Å². The molecule has 2 N–H and O–H groups in total. The van der Waals surface area contributed by atoms with Gasteiger partial charge in [0.05, 0.1) is 12.7 Å². The highest BCUT2D eigenvalue weighted by Crippen LogP contribution is 2.29. The van der Waals surface area contributed by atoms with Crippen molar-refractivity contribution in [3.63, 3.8) is 0 Å². The standard InChI is InChI=1S/C14H30N2O/c1-12-10-16(8-9-17-12)14(5,11-15)7-6-13(2,3)4/h12H,6-11,15H2,1-5H3. The summed E-state index contributed by atoms with van der Waals surface area (Å²) in [5, 5.41) is 0. The van der Waals surface area contributed by atoms with Crippen molar-refractivity contribution in [3.05, 3.63) is 0 Å². The van der Waals surface area contributed by atoms with Gasteiger partial charge in [-0.2, -0.15) is 0 Å². The van der Waals surface area contributed by atoms with Gasteiger partial charge in [-0.3, -0.25) is 4.90 Å². The highest BCUT2D eigenvalue weighted by atomic mass is 16.5. The van der Waals surface area contributed by atoms with E-state index < -0.39 is 0 Å². The SMILES string of the molecule is CC1CN(C(C)(CN)CCC(C)(C)C)CCO1. The van der Waals surface area contributed by atoms with Gasteiger partial charge in [0.25, 0.3) is 0 Å². The summed E-state index contributed by atoms with van der Waals surface area (Å²) >= 11 is 0. The van der Waals surface area contributed by atoms with Crippen LogP contribution in [-0.2, 0) is 4.74 Å². The average molecular weight is 242 g/mol. The van der Waals surface area contributed by atoms with E-state index in [9.17, 15) is 0 Å². The summed E-state index contributed by atoms with van der Waals surface area (Å²) < 4.78 is 5.61. The molecule has 2 unspecified atom stereocenters. The topological polar surface area (TPSA) is 38.5 Å². The molecule has 0 aromatic rings. The smallest absolute Gasteiger partial charge is 0.0674 e. The molecule has 102 valence electrons. The van der Waals surface area contributed by atoms with Crippen molar-refractivity contribution in [2.75, 3.05) is 26.2 Å². The fourth-order valence-electron chi connectivity index (χ4n) is 2.34. The zero-order chi connectivity index (χ0) is 13.1. The van der Waals surface area contributed by atoms with E-state index >= 15 is 0 Å². The third-order valence-corrected chi connectivity index (χ3v) is 3.86. The van der Waals surface area contributed by atoms with Crippen molar-refractivity contribution in [2.45, 2.75) is 59.1 Å². The van der Waals surface area contributed by atoms with E-state index in [1.54, 1.807) is 0 Å². The Balaban J connectivity index is 2.60. The molecule has 0 radical (unpaired) electrons. The molecule has 0 spiro atoms. The molecule has 2 atom stereocenters. The van der Waals surface area contributed by atoms with E-state index in [-0.39, 0.29) is 5.54 Å². The minimum Gasteiger partial charge on any atom is -0.376 e. The van der Waals surface area contributed by atoms with Crippen LogP contribution >= 0.6 is 0 Å². The molecule has 0 amide bonds. The lowest BCUT2D eigenvalue weighted by atomic mass is 9.83. The Bertz CT molecular complexity index is 237. The molecular formula is C14H30N2O. The lowest BCUT2D eigenvalue weighted by Gasteiger charge is -2.45. The fourth-order valence-corrected chi connectivity index (χ4v) is 2.34. The normalized spacial score (nSPS) is 26.8. The third-order valence-electron chi connectivity index (χ3n) is 3.86. The molecule has 1 aliphatic heterocycles. The second-order valence-electron chi connectivity index (χ2n) is 6.89. The first-order valence-corrected chi connectivity index (χ1v) is 6.83. The van der Waals surface area contributed by atoms with Crippen LogP contribution in [0.3, 0.4) is 0 Å². The molecule has 1 aliphatic rings. The van der Waals surface area contributed by atoms with E-state index in [1.165, 1.54) is 12.8 Å². The van der Waals surface area contributed by atoms with Gasteiger partial charge in [-0.25, -0.2) is 0 Å². The molecule has 1 saturated heterocycles. The summed E-state index contributed by atoms with van der Waals surface area (Å²) in [5.41, 5.74) is 6.54. The number of morpholine rings is 1. The maximum absolute atomic E-state index is 6.03. The number of nitrogens with two attached hydrogens (primary N) is 1. The molecule has 3 heteroatoms. The van der Waals surface area contributed by atoms with Crippen LogP contribution in [0.2, 0.25) is 0 Å². The summed E-state index contributed by atoms with van der Waals surface area (Å²) in [4.78, 5) is 2.52. The Morgan fingerprint density at radius 2 is 1.88 bits per heavy atom. The third kappa shape index (κ3) is 4.57. The molecular weight excluding hydrogens is 212 g/mol. The summed E-state index contributed by atoms with van der Waals surface area (Å²) in [6.07, 6.45) is 2.72. The molecule has 1 heterocycles. The molecule has 0 aliphatic carbocycles. The Morgan fingerprint density at radius 1 is 1.24 bits per heavy atom. The highest BCUT2D eigenvalue weighted by molar-refractivity contribution is 4.90. The molecule has 17 heavy (non-hydrogen) atoms. The summed E-state index contributed by atoms with van der Waals surface area (Å²) in [6.45, 7) is 14.9. The number of rotatable bonds is 4. The molecule has 3 nitrogen and oxygen atoms in total. The first kappa shape index (κ1) is 14.9. The lowest BCUT2D eigenvalue weighted by molar-refractivity contribution is -0.0600. The van der Waals surface area contributed by atoms with Crippen LogP contribution in [0.4, 0.5) is 0 Å². The number of hydrogen-bond acceptors (Lipinski definition) is 3. The first-order valence-electron chi connectivity index (χ1n) is 6.83. The van der Waals surface area contributed by atoms with Crippen molar-refractivity contribution in [2.24, 2.45) is 11.1 Å². The predicted molar refractivity (Wildman–Crippen MR) is 73.1 cm³/mol. The van der Waals surface area contributed by atoms with Crippen LogP contribution in [-0.4, -0.2) is 42.8 Å². The van der Waals surface area contributed by atoms with E-state index in [1.807, 2.05) is 0 Å². The first-order chi connectivity index (χ1) is 7.77. The maximum atomic E-state index is 6.03. The zero-order valence-corrected chi connectivity index (χ0v) is 12.3. The summed E-state index contributed by atoms with van der Waals surface area (Å²) in [7, 11) is 0. The van der Waals surface area contributed by atoms with Gasteiger partial charge in [-0.1, -0.05) is 20.8 Å². The molecule has 1 fully saturated rings. The largest absolute Gasteiger partial charge is 0.376 e. The number of nitrogens with zero attached hydrogens (tertiary/aromatic N) is 1. The lowest BCUT2D eigenvalue weighted by Crippen LogP contribution is -2.57. The van der Waals surface area contributed by atoms with E-state index in [0.29, 0.717) is 11.5 Å². The van der Waals surface area contributed by atoms with E-state index in [4.69, 9.17) is 10.5 Å². The van der Waals surface area contributed by atoms with Gasteiger partial charge < -0.3 is 10.5 Å². The second-order valence-corrected chi connectivity index (χ2v) is 6.89. The zero-order valence-electron chi connectivity index (χ0n) is 12.3. The van der Waals surface area contributed by atoms with Crippen LogP contribution in [0.5, 0.6) is 0 Å². The second kappa shape index (κ2) is 5.68. The predicted octanol–water partition coefficient (Wildman–Crippen LogP) is 2.25. The number of ether oxygens (including phenoxy) is 1. The Labute approximate surface area is 107 Å². The van der Waals surface area contributed by atoms with Gasteiger partial charge in [0.15, 0.2) is 0 Å². The molecule has 0 bridgehead atoms. The van der Waals surface area contributed by atoms with Gasteiger partial charge in [-0.05, 0) is 32.1 Å². The monoisotopic (exact) mass is 242 g/mol. The summed E-state index contributed by atoms with van der Waals surface area (Å²) in [6, 6.07) is 0. The maximum Gasteiger partial charge on any atom is 0.0674 e.